The quantitative estimate of drug-likeness (QED) is 0.340. The fourth-order valence-electron chi connectivity index (χ4n) is 0. The SMILES string of the molecule is CSO[Si]. The Morgan fingerprint density at radius 1 is 2.00 bits per heavy atom. The Hall–Kier alpha value is 0.527. The molecule has 3 radical (unpaired) electrons. The Balaban J connectivity index is 1.97. The number of hydrogen-bond donors (Lipinski definition) is 0. The maximum absolute atomic E-state index is 4.26. The third-order valence-corrected chi connectivity index (χ3v) is 0.750. The number of rotatable bonds is 1. The van der Waals surface area contributed by atoms with Gasteiger partial charge in [-0.1, -0.05) is 0 Å². The van der Waals surface area contributed by atoms with E-state index in [9.17, 15) is 0 Å². The minimum atomic E-state index is 1.27. The molecule has 4 heavy (non-hydrogen) atoms. The second-order valence-corrected chi connectivity index (χ2v) is 1.25. The van der Waals surface area contributed by atoms with E-state index in [1.807, 2.05) is 6.26 Å². The van der Waals surface area contributed by atoms with Crippen LogP contribution in [-0.4, -0.2) is 16.7 Å². The third-order valence-electron chi connectivity index (χ3n) is 0.0833. The van der Waals surface area contributed by atoms with E-state index in [4.69, 9.17) is 0 Å². The summed E-state index contributed by atoms with van der Waals surface area (Å²) in [4.78, 5) is 0. The van der Waals surface area contributed by atoms with Gasteiger partial charge in [0, 0.05) is 6.26 Å². The standard InChI is InChI=1S/CH3OSSi/c1-3-2-4/h1H3. The summed E-state index contributed by atoms with van der Waals surface area (Å²) in [7, 11) is 2.75. The first-order valence-electron chi connectivity index (χ1n) is 0.779. The van der Waals surface area contributed by atoms with Gasteiger partial charge >= 0.3 is 0 Å². The van der Waals surface area contributed by atoms with Crippen molar-refractivity contribution in [2.75, 3.05) is 6.26 Å². The zero-order valence-corrected chi connectivity index (χ0v) is 4.13. The lowest BCUT2D eigenvalue weighted by molar-refractivity contribution is 0.729. The molecule has 3 heteroatoms. The van der Waals surface area contributed by atoms with Crippen molar-refractivity contribution < 1.29 is 3.87 Å². The average Bonchev–Trinajstić information content (AvgIpc) is 1.37. The van der Waals surface area contributed by atoms with Crippen LogP contribution in [0.25, 0.3) is 0 Å². The smallest absolute Gasteiger partial charge is 0.269 e. The first-order valence-corrected chi connectivity index (χ1v) is 2.34. The van der Waals surface area contributed by atoms with Gasteiger partial charge in [0.15, 0.2) is 0 Å². The molecule has 23 valence electrons. The van der Waals surface area contributed by atoms with Crippen LogP contribution in [0.15, 0.2) is 0 Å². The molecule has 0 N–H and O–H groups in total. The highest BCUT2D eigenvalue weighted by molar-refractivity contribution is 7.94. The maximum atomic E-state index is 4.26. The van der Waals surface area contributed by atoms with Gasteiger partial charge in [0.1, 0.15) is 0 Å². The van der Waals surface area contributed by atoms with Gasteiger partial charge in [0.25, 0.3) is 10.5 Å². The van der Waals surface area contributed by atoms with Crippen LogP contribution in [-0.2, 0) is 3.87 Å². The van der Waals surface area contributed by atoms with Crippen LogP contribution in [0.3, 0.4) is 0 Å². The zero-order chi connectivity index (χ0) is 3.41. The van der Waals surface area contributed by atoms with Crippen molar-refractivity contribution in [3.63, 3.8) is 0 Å². The Kier molecular flexibility index (Phi) is 3.99. The molecule has 0 rings (SSSR count). The Morgan fingerprint density at radius 3 is 2.25 bits per heavy atom. The lowest BCUT2D eigenvalue weighted by Gasteiger charge is -1.74. The molecule has 0 aromatic carbocycles. The van der Waals surface area contributed by atoms with Gasteiger partial charge in [-0.05, 0) is 12.0 Å². The summed E-state index contributed by atoms with van der Waals surface area (Å²) in [6, 6.07) is 0. The summed E-state index contributed by atoms with van der Waals surface area (Å²) in [5.41, 5.74) is 0. The highest BCUT2D eigenvalue weighted by atomic mass is 32.2. The predicted octanol–water partition coefficient (Wildman–Crippen LogP) is 0.364. The molecule has 0 saturated heterocycles. The first kappa shape index (κ1) is 4.53. The van der Waals surface area contributed by atoms with Gasteiger partial charge in [-0.15, -0.1) is 0 Å². The first-order chi connectivity index (χ1) is 1.91. The molecule has 0 aliphatic rings. The van der Waals surface area contributed by atoms with Gasteiger partial charge in [-0.3, -0.25) is 0 Å². The summed E-state index contributed by atoms with van der Waals surface area (Å²) < 4.78 is 4.26. The van der Waals surface area contributed by atoms with E-state index in [0.29, 0.717) is 0 Å². The van der Waals surface area contributed by atoms with Crippen molar-refractivity contribution >= 4 is 22.5 Å². The topological polar surface area (TPSA) is 9.23 Å². The molecule has 0 amide bonds. The highest BCUT2D eigenvalue weighted by Crippen LogP contribution is 1.83. The summed E-state index contributed by atoms with van der Waals surface area (Å²) in [5, 5.41) is 0. The highest BCUT2D eigenvalue weighted by Gasteiger charge is 1.54. The molecular formula is CH3OSSi. The van der Waals surface area contributed by atoms with Gasteiger partial charge in [0.2, 0.25) is 0 Å². The Bertz CT molecular complexity index is 10.0. The van der Waals surface area contributed by atoms with Crippen LogP contribution in [0.1, 0.15) is 0 Å². The molecule has 0 heterocycles. The summed E-state index contributed by atoms with van der Waals surface area (Å²) in [6.07, 6.45) is 1.83. The van der Waals surface area contributed by atoms with E-state index >= 15 is 0 Å². The predicted molar refractivity (Wildman–Crippen MR) is 20.4 cm³/mol. The lowest BCUT2D eigenvalue weighted by Crippen LogP contribution is -1.57. The third kappa shape index (κ3) is 2.53. The van der Waals surface area contributed by atoms with Crippen LogP contribution in [0.4, 0.5) is 0 Å². The minimum Gasteiger partial charge on any atom is -0.360 e. The molecular weight excluding hydrogens is 88.2 g/mol. The molecule has 0 saturated carbocycles. The fraction of sp³-hybridized carbons (Fsp3) is 1.00. The van der Waals surface area contributed by atoms with E-state index in [-0.39, 0.29) is 0 Å². The molecule has 0 spiro atoms. The monoisotopic (exact) mass is 91.0 g/mol. The van der Waals surface area contributed by atoms with Gasteiger partial charge in [-0.2, -0.15) is 0 Å². The molecule has 0 aliphatic heterocycles. The van der Waals surface area contributed by atoms with Crippen molar-refractivity contribution in [3.05, 3.63) is 0 Å². The van der Waals surface area contributed by atoms with Crippen molar-refractivity contribution in [3.8, 4) is 0 Å². The number of hydrogen-bond acceptors (Lipinski definition) is 2. The van der Waals surface area contributed by atoms with E-state index in [0.717, 1.165) is 0 Å². The molecule has 0 aromatic heterocycles. The zero-order valence-electron chi connectivity index (χ0n) is 2.32. The van der Waals surface area contributed by atoms with Crippen LogP contribution in [0.5, 0.6) is 0 Å². The Labute approximate surface area is 33.5 Å². The van der Waals surface area contributed by atoms with Crippen molar-refractivity contribution in [2.24, 2.45) is 0 Å². The van der Waals surface area contributed by atoms with E-state index < -0.39 is 0 Å². The molecule has 0 aromatic rings. The largest absolute Gasteiger partial charge is 0.360 e. The van der Waals surface area contributed by atoms with Gasteiger partial charge in [-0.25, -0.2) is 0 Å². The van der Waals surface area contributed by atoms with Crippen molar-refractivity contribution in [1.29, 1.82) is 0 Å². The van der Waals surface area contributed by atoms with Crippen LogP contribution in [0.2, 0.25) is 0 Å². The second kappa shape index (κ2) is 3.53. The summed E-state index contributed by atoms with van der Waals surface area (Å²) in [6.45, 7) is 0. The normalized spacial score (nSPS) is 7.50. The summed E-state index contributed by atoms with van der Waals surface area (Å²) >= 11 is 1.27. The lowest BCUT2D eigenvalue weighted by atomic mass is 12.0. The molecule has 0 aliphatic carbocycles. The van der Waals surface area contributed by atoms with E-state index in [2.05, 4.69) is 14.4 Å². The van der Waals surface area contributed by atoms with Gasteiger partial charge in [0.05, 0.1) is 0 Å². The van der Waals surface area contributed by atoms with Crippen molar-refractivity contribution in [2.45, 2.75) is 0 Å². The van der Waals surface area contributed by atoms with E-state index in [1.54, 1.807) is 0 Å². The molecule has 0 unspecified atom stereocenters. The van der Waals surface area contributed by atoms with Crippen LogP contribution in [0, 0.1) is 0 Å². The Morgan fingerprint density at radius 2 is 2.25 bits per heavy atom. The van der Waals surface area contributed by atoms with Crippen LogP contribution >= 0.6 is 12.0 Å². The maximum Gasteiger partial charge on any atom is 0.269 e. The summed E-state index contributed by atoms with van der Waals surface area (Å²) in [5.74, 6) is 0. The van der Waals surface area contributed by atoms with Gasteiger partial charge < -0.3 is 3.87 Å². The second-order valence-electron chi connectivity index (χ2n) is 0.250. The van der Waals surface area contributed by atoms with Crippen LogP contribution < -0.4 is 0 Å². The fourth-order valence-corrected chi connectivity index (χ4v) is 0. The average molecular weight is 91.2 g/mol. The minimum absolute atomic E-state index is 1.27. The molecule has 1 nitrogen and oxygen atoms in total. The molecule has 0 fully saturated rings. The van der Waals surface area contributed by atoms with E-state index in [1.165, 1.54) is 12.0 Å². The van der Waals surface area contributed by atoms with Crippen molar-refractivity contribution in [1.82, 2.24) is 0 Å². The molecule has 0 atom stereocenters. The molecule has 0 bridgehead atoms.